The second-order valence-corrected chi connectivity index (χ2v) is 4.47. The largest absolute Gasteiger partial charge is 0.384 e. The standard InChI is InChI=1S/C11H19N5/c1-15-5-3-4-9(7-15)16(2)11-6-10(12)13-8-14-11/h6,8-9H,3-5,7H2,1-2H3,(H2,12,13,14). The molecule has 1 aliphatic rings. The van der Waals surface area contributed by atoms with Gasteiger partial charge in [0.15, 0.2) is 0 Å². The van der Waals surface area contributed by atoms with Crippen LogP contribution >= 0.6 is 0 Å². The Bertz CT molecular complexity index is 354. The quantitative estimate of drug-likeness (QED) is 0.792. The molecule has 0 spiro atoms. The van der Waals surface area contributed by atoms with Crippen molar-refractivity contribution < 1.29 is 0 Å². The monoisotopic (exact) mass is 221 g/mol. The molecule has 1 fully saturated rings. The molecule has 16 heavy (non-hydrogen) atoms. The van der Waals surface area contributed by atoms with Crippen LogP contribution in [0.1, 0.15) is 12.8 Å². The molecular formula is C11H19N5. The molecule has 1 unspecified atom stereocenters. The summed E-state index contributed by atoms with van der Waals surface area (Å²) in [6.07, 6.45) is 3.98. The first-order valence-electron chi connectivity index (χ1n) is 5.65. The molecule has 0 amide bonds. The zero-order chi connectivity index (χ0) is 11.5. The number of hydrogen-bond donors (Lipinski definition) is 1. The Morgan fingerprint density at radius 3 is 3.00 bits per heavy atom. The summed E-state index contributed by atoms with van der Waals surface area (Å²) in [7, 11) is 4.24. The molecule has 0 radical (unpaired) electrons. The molecule has 0 aromatic carbocycles. The van der Waals surface area contributed by atoms with Gasteiger partial charge in [-0.05, 0) is 26.4 Å². The highest BCUT2D eigenvalue weighted by Gasteiger charge is 2.21. The molecule has 5 nitrogen and oxygen atoms in total. The van der Waals surface area contributed by atoms with Gasteiger partial charge < -0.3 is 15.5 Å². The fraction of sp³-hybridized carbons (Fsp3) is 0.636. The third-order valence-electron chi connectivity index (χ3n) is 3.18. The number of nitrogen functional groups attached to an aromatic ring is 1. The van der Waals surface area contributed by atoms with Gasteiger partial charge in [0, 0.05) is 25.7 Å². The van der Waals surface area contributed by atoms with Crippen LogP contribution in [0.15, 0.2) is 12.4 Å². The van der Waals surface area contributed by atoms with Crippen LogP contribution < -0.4 is 10.6 Å². The second-order valence-electron chi connectivity index (χ2n) is 4.47. The Hall–Kier alpha value is -1.36. The number of nitrogens with zero attached hydrogens (tertiary/aromatic N) is 4. The van der Waals surface area contributed by atoms with Gasteiger partial charge in [-0.15, -0.1) is 0 Å². The van der Waals surface area contributed by atoms with Crippen LogP contribution in [0.4, 0.5) is 11.6 Å². The van der Waals surface area contributed by atoms with Crippen molar-refractivity contribution in [2.75, 3.05) is 37.8 Å². The summed E-state index contributed by atoms with van der Waals surface area (Å²) in [5, 5.41) is 0. The summed E-state index contributed by atoms with van der Waals surface area (Å²) in [4.78, 5) is 12.7. The zero-order valence-corrected chi connectivity index (χ0v) is 9.93. The molecule has 5 heteroatoms. The minimum Gasteiger partial charge on any atom is -0.384 e. The Balaban J connectivity index is 2.09. The molecule has 0 aliphatic carbocycles. The first-order valence-corrected chi connectivity index (χ1v) is 5.65. The highest BCUT2D eigenvalue weighted by molar-refractivity contribution is 5.46. The maximum absolute atomic E-state index is 5.67. The van der Waals surface area contributed by atoms with Gasteiger partial charge in [0.25, 0.3) is 0 Å². The maximum atomic E-state index is 5.67. The van der Waals surface area contributed by atoms with Gasteiger partial charge in [-0.3, -0.25) is 0 Å². The van der Waals surface area contributed by atoms with E-state index in [0.29, 0.717) is 11.9 Å². The Kier molecular flexibility index (Phi) is 3.24. The van der Waals surface area contributed by atoms with E-state index in [2.05, 4.69) is 33.9 Å². The summed E-state index contributed by atoms with van der Waals surface area (Å²) in [6.45, 7) is 2.27. The number of rotatable bonds is 2. The summed E-state index contributed by atoms with van der Waals surface area (Å²) in [5.74, 6) is 1.44. The summed E-state index contributed by atoms with van der Waals surface area (Å²) in [5.41, 5.74) is 5.67. The van der Waals surface area contributed by atoms with E-state index < -0.39 is 0 Å². The predicted molar refractivity (Wildman–Crippen MR) is 65.4 cm³/mol. The van der Waals surface area contributed by atoms with Crippen molar-refractivity contribution in [1.82, 2.24) is 14.9 Å². The van der Waals surface area contributed by atoms with Crippen molar-refractivity contribution in [3.8, 4) is 0 Å². The Morgan fingerprint density at radius 1 is 1.50 bits per heavy atom. The smallest absolute Gasteiger partial charge is 0.134 e. The lowest BCUT2D eigenvalue weighted by Crippen LogP contribution is -2.45. The molecule has 2 heterocycles. The van der Waals surface area contributed by atoms with E-state index >= 15 is 0 Å². The summed E-state index contributed by atoms with van der Waals surface area (Å²) < 4.78 is 0. The van der Waals surface area contributed by atoms with E-state index in [9.17, 15) is 0 Å². The molecule has 2 rings (SSSR count). The van der Waals surface area contributed by atoms with Crippen LogP contribution in [-0.2, 0) is 0 Å². The molecule has 1 atom stereocenters. The number of hydrogen-bond acceptors (Lipinski definition) is 5. The van der Waals surface area contributed by atoms with E-state index in [1.165, 1.54) is 25.7 Å². The zero-order valence-electron chi connectivity index (χ0n) is 9.93. The van der Waals surface area contributed by atoms with Crippen molar-refractivity contribution in [1.29, 1.82) is 0 Å². The minimum atomic E-state index is 0.521. The highest BCUT2D eigenvalue weighted by Crippen LogP contribution is 2.19. The average Bonchev–Trinajstić information content (AvgIpc) is 2.28. The second kappa shape index (κ2) is 4.65. The number of aromatic nitrogens is 2. The Labute approximate surface area is 96.3 Å². The molecule has 1 aliphatic heterocycles. The predicted octanol–water partition coefficient (Wildman–Crippen LogP) is 0.589. The van der Waals surface area contributed by atoms with Crippen molar-refractivity contribution in [2.24, 2.45) is 0 Å². The van der Waals surface area contributed by atoms with Crippen molar-refractivity contribution in [3.05, 3.63) is 12.4 Å². The number of likely N-dealkylation sites (tertiary alicyclic amines) is 1. The molecule has 88 valence electrons. The SMILES string of the molecule is CN1CCCC(N(C)c2cc(N)ncn2)C1. The van der Waals surface area contributed by atoms with E-state index in [0.717, 1.165) is 12.4 Å². The van der Waals surface area contributed by atoms with Gasteiger partial charge in [-0.1, -0.05) is 0 Å². The Morgan fingerprint density at radius 2 is 2.31 bits per heavy atom. The number of piperidine rings is 1. The van der Waals surface area contributed by atoms with Gasteiger partial charge in [0.05, 0.1) is 0 Å². The molecule has 1 aromatic heterocycles. The normalized spacial score (nSPS) is 22.0. The van der Waals surface area contributed by atoms with Gasteiger partial charge in [-0.2, -0.15) is 0 Å². The van der Waals surface area contributed by atoms with Crippen LogP contribution in [0.3, 0.4) is 0 Å². The lowest BCUT2D eigenvalue weighted by molar-refractivity contribution is 0.247. The molecule has 0 saturated carbocycles. The summed E-state index contributed by atoms with van der Waals surface area (Å²) in [6, 6.07) is 2.35. The van der Waals surface area contributed by atoms with Crippen LogP contribution in [0.2, 0.25) is 0 Å². The highest BCUT2D eigenvalue weighted by atomic mass is 15.2. The molecule has 0 bridgehead atoms. The lowest BCUT2D eigenvalue weighted by Gasteiger charge is -2.36. The van der Waals surface area contributed by atoms with Crippen molar-refractivity contribution in [2.45, 2.75) is 18.9 Å². The van der Waals surface area contributed by atoms with Gasteiger partial charge in [-0.25, -0.2) is 9.97 Å². The number of anilines is 2. The van der Waals surface area contributed by atoms with E-state index in [4.69, 9.17) is 5.73 Å². The van der Waals surface area contributed by atoms with E-state index in [1.54, 1.807) is 0 Å². The minimum absolute atomic E-state index is 0.521. The fourth-order valence-electron chi connectivity index (χ4n) is 2.20. The molecule has 2 N–H and O–H groups in total. The van der Waals surface area contributed by atoms with Crippen LogP contribution in [0.25, 0.3) is 0 Å². The third-order valence-corrected chi connectivity index (χ3v) is 3.18. The summed E-state index contributed by atoms with van der Waals surface area (Å²) >= 11 is 0. The first-order chi connectivity index (χ1) is 7.66. The van der Waals surface area contributed by atoms with Gasteiger partial charge >= 0.3 is 0 Å². The van der Waals surface area contributed by atoms with Crippen molar-refractivity contribution in [3.63, 3.8) is 0 Å². The number of likely N-dealkylation sites (N-methyl/N-ethyl adjacent to an activating group) is 2. The fourth-order valence-corrected chi connectivity index (χ4v) is 2.20. The number of nitrogens with two attached hydrogens (primary N) is 1. The van der Waals surface area contributed by atoms with Crippen LogP contribution in [0, 0.1) is 0 Å². The van der Waals surface area contributed by atoms with Crippen LogP contribution in [0.5, 0.6) is 0 Å². The van der Waals surface area contributed by atoms with Gasteiger partial charge in [0.1, 0.15) is 18.0 Å². The van der Waals surface area contributed by atoms with Crippen molar-refractivity contribution >= 4 is 11.6 Å². The van der Waals surface area contributed by atoms with Gasteiger partial charge in [0.2, 0.25) is 0 Å². The third kappa shape index (κ3) is 2.41. The molecule has 1 aromatic rings. The lowest BCUT2D eigenvalue weighted by atomic mass is 10.1. The average molecular weight is 221 g/mol. The first kappa shape index (κ1) is 11.1. The molecule has 1 saturated heterocycles. The molecular weight excluding hydrogens is 202 g/mol. The topological polar surface area (TPSA) is 58.3 Å². The van der Waals surface area contributed by atoms with E-state index in [-0.39, 0.29) is 0 Å². The van der Waals surface area contributed by atoms with E-state index in [1.807, 2.05) is 6.07 Å². The maximum Gasteiger partial charge on any atom is 0.134 e. The van der Waals surface area contributed by atoms with Crippen LogP contribution in [-0.4, -0.2) is 48.1 Å².